The van der Waals surface area contributed by atoms with Gasteiger partial charge >= 0.3 is 0 Å². The lowest BCUT2D eigenvalue weighted by atomic mass is 9.90. The number of benzene rings is 1. The number of amides is 1. The number of aromatic nitrogens is 1. The van der Waals surface area contributed by atoms with Gasteiger partial charge in [-0.15, -0.1) is 0 Å². The molecule has 2 N–H and O–H groups in total. The third-order valence-electron chi connectivity index (χ3n) is 5.43. The predicted octanol–water partition coefficient (Wildman–Crippen LogP) is 2.24. The van der Waals surface area contributed by atoms with Gasteiger partial charge in [0.25, 0.3) is 0 Å². The van der Waals surface area contributed by atoms with E-state index in [-0.39, 0.29) is 17.9 Å². The number of carbonyl (C=O) groups is 1. The van der Waals surface area contributed by atoms with Crippen LogP contribution in [0.4, 0.5) is 0 Å². The number of hydrogen-bond acceptors (Lipinski definition) is 5. The van der Waals surface area contributed by atoms with Crippen molar-refractivity contribution in [1.82, 2.24) is 15.2 Å². The number of nitrogens with zero attached hydrogens (tertiary/aromatic N) is 2. The standard InChI is InChI=1S/C19H25N3O3/c1-12(19-21-15-4-2-3-5-16(15)25-19)22-10-8-13(9-11-22)17(23)18(24)20-14-6-7-14/h2-5,12-14,17,23H,6-11H2,1H3,(H,20,24)/t12-,17-/m1/s1. The van der Waals surface area contributed by atoms with Crippen molar-refractivity contribution in [2.24, 2.45) is 5.92 Å². The second-order valence-electron chi connectivity index (χ2n) is 7.30. The summed E-state index contributed by atoms with van der Waals surface area (Å²) in [6.45, 7) is 3.76. The summed E-state index contributed by atoms with van der Waals surface area (Å²) in [5, 5.41) is 13.2. The number of fused-ring (bicyclic) bond motifs is 1. The lowest BCUT2D eigenvalue weighted by Gasteiger charge is -2.36. The van der Waals surface area contributed by atoms with Gasteiger partial charge in [-0.05, 0) is 63.7 Å². The smallest absolute Gasteiger partial charge is 0.249 e. The number of carbonyl (C=O) groups excluding carboxylic acids is 1. The molecule has 0 bridgehead atoms. The summed E-state index contributed by atoms with van der Waals surface area (Å²) in [5.41, 5.74) is 1.69. The van der Waals surface area contributed by atoms with Gasteiger partial charge in [-0.3, -0.25) is 9.69 Å². The van der Waals surface area contributed by atoms with Gasteiger partial charge in [0.15, 0.2) is 5.58 Å². The van der Waals surface area contributed by atoms with Crippen molar-refractivity contribution in [2.75, 3.05) is 13.1 Å². The van der Waals surface area contributed by atoms with Crippen LogP contribution in [-0.2, 0) is 4.79 Å². The van der Waals surface area contributed by atoms with Crippen molar-refractivity contribution in [1.29, 1.82) is 0 Å². The number of likely N-dealkylation sites (tertiary alicyclic amines) is 1. The predicted molar refractivity (Wildman–Crippen MR) is 93.9 cm³/mol. The molecule has 6 heteroatoms. The molecule has 2 fully saturated rings. The van der Waals surface area contributed by atoms with Gasteiger partial charge in [0.1, 0.15) is 11.6 Å². The molecule has 2 atom stereocenters. The van der Waals surface area contributed by atoms with E-state index in [0.717, 1.165) is 55.8 Å². The Labute approximate surface area is 147 Å². The highest BCUT2D eigenvalue weighted by Crippen LogP contribution is 2.30. The zero-order valence-corrected chi connectivity index (χ0v) is 14.5. The van der Waals surface area contributed by atoms with Crippen LogP contribution in [0.1, 0.15) is 44.5 Å². The van der Waals surface area contributed by atoms with E-state index in [1.165, 1.54) is 0 Å². The quantitative estimate of drug-likeness (QED) is 0.870. The van der Waals surface area contributed by atoms with Crippen LogP contribution in [0.15, 0.2) is 28.7 Å². The molecule has 4 rings (SSSR count). The van der Waals surface area contributed by atoms with Crippen molar-refractivity contribution in [3.63, 3.8) is 0 Å². The van der Waals surface area contributed by atoms with E-state index in [1.54, 1.807) is 0 Å². The van der Waals surface area contributed by atoms with Crippen LogP contribution in [0.25, 0.3) is 11.1 Å². The van der Waals surface area contributed by atoms with Crippen LogP contribution in [0.2, 0.25) is 0 Å². The highest BCUT2D eigenvalue weighted by Gasteiger charge is 2.34. The van der Waals surface area contributed by atoms with Crippen LogP contribution in [0.3, 0.4) is 0 Å². The first-order chi connectivity index (χ1) is 12.1. The molecule has 1 saturated heterocycles. The number of para-hydroxylation sites is 2. The molecule has 6 nitrogen and oxygen atoms in total. The highest BCUT2D eigenvalue weighted by atomic mass is 16.3. The van der Waals surface area contributed by atoms with Gasteiger partial charge in [0.05, 0.1) is 6.04 Å². The van der Waals surface area contributed by atoms with Gasteiger partial charge < -0.3 is 14.8 Å². The molecule has 2 aromatic rings. The maximum absolute atomic E-state index is 12.0. The lowest BCUT2D eigenvalue weighted by Crippen LogP contribution is -2.45. The van der Waals surface area contributed by atoms with Crippen molar-refractivity contribution >= 4 is 17.0 Å². The van der Waals surface area contributed by atoms with Crippen LogP contribution in [0, 0.1) is 5.92 Å². The second-order valence-corrected chi connectivity index (χ2v) is 7.30. The highest BCUT2D eigenvalue weighted by molar-refractivity contribution is 5.81. The molecule has 1 aromatic heterocycles. The molecule has 0 radical (unpaired) electrons. The summed E-state index contributed by atoms with van der Waals surface area (Å²) in [5.74, 6) is 0.561. The van der Waals surface area contributed by atoms with E-state index < -0.39 is 6.10 Å². The van der Waals surface area contributed by atoms with E-state index in [1.807, 2.05) is 24.3 Å². The molecule has 0 unspecified atom stereocenters. The summed E-state index contributed by atoms with van der Waals surface area (Å²) in [6, 6.07) is 8.17. The number of aliphatic hydroxyl groups excluding tert-OH is 1. The Morgan fingerprint density at radius 2 is 2.00 bits per heavy atom. The molecule has 25 heavy (non-hydrogen) atoms. The molecular formula is C19H25N3O3. The number of aliphatic hydroxyl groups is 1. The maximum atomic E-state index is 12.0. The fraction of sp³-hybridized carbons (Fsp3) is 0.579. The first-order valence-corrected chi connectivity index (χ1v) is 9.20. The Morgan fingerprint density at radius 3 is 2.68 bits per heavy atom. The maximum Gasteiger partial charge on any atom is 0.249 e. The first-order valence-electron chi connectivity index (χ1n) is 9.20. The monoisotopic (exact) mass is 343 g/mol. The number of rotatable bonds is 5. The fourth-order valence-corrected chi connectivity index (χ4v) is 3.58. The zero-order valence-electron chi connectivity index (χ0n) is 14.5. The van der Waals surface area contributed by atoms with Crippen LogP contribution in [0.5, 0.6) is 0 Å². The largest absolute Gasteiger partial charge is 0.439 e. The van der Waals surface area contributed by atoms with E-state index in [0.29, 0.717) is 6.04 Å². The SMILES string of the molecule is C[C@H](c1nc2ccccc2o1)N1CCC([C@@H](O)C(=O)NC2CC2)CC1. The molecule has 1 aliphatic carbocycles. The number of oxazole rings is 1. The van der Waals surface area contributed by atoms with Gasteiger partial charge in [0, 0.05) is 6.04 Å². The Hall–Kier alpha value is -1.92. The Bertz CT molecular complexity index is 714. The summed E-state index contributed by atoms with van der Waals surface area (Å²) in [6.07, 6.45) is 2.81. The zero-order chi connectivity index (χ0) is 17.4. The molecule has 2 aliphatic rings. The van der Waals surface area contributed by atoms with Crippen molar-refractivity contribution in [3.05, 3.63) is 30.2 Å². The Balaban J connectivity index is 1.35. The van der Waals surface area contributed by atoms with Gasteiger partial charge in [0.2, 0.25) is 11.8 Å². The number of piperidine rings is 1. The van der Waals surface area contributed by atoms with Gasteiger partial charge in [-0.2, -0.15) is 0 Å². The van der Waals surface area contributed by atoms with Crippen LogP contribution >= 0.6 is 0 Å². The fourth-order valence-electron chi connectivity index (χ4n) is 3.58. The minimum Gasteiger partial charge on any atom is -0.439 e. The van der Waals surface area contributed by atoms with Crippen molar-refractivity contribution < 1.29 is 14.3 Å². The molecular weight excluding hydrogens is 318 g/mol. The summed E-state index contributed by atoms with van der Waals surface area (Å²) >= 11 is 0. The molecule has 1 amide bonds. The van der Waals surface area contributed by atoms with Crippen molar-refractivity contribution in [3.8, 4) is 0 Å². The number of hydrogen-bond donors (Lipinski definition) is 2. The summed E-state index contributed by atoms with van der Waals surface area (Å²) in [4.78, 5) is 18.9. The second kappa shape index (κ2) is 6.77. The summed E-state index contributed by atoms with van der Waals surface area (Å²) < 4.78 is 5.88. The summed E-state index contributed by atoms with van der Waals surface area (Å²) in [7, 11) is 0. The van der Waals surface area contributed by atoms with E-state index in [9.17, 15) is 9.90 Å². The lowest BCUT2D eigenvalue weighted by molar-refractivity contribution is -0.133. The normalized spacial score (nSPS) is 22.0. The third-order valence-corrected chi connectivity index (χ3v) is 5.43. The molecule has 2 heterocycles. The van der Waals surface area contributed by atoms with E-state index >= 15 is 0 Å². The van der Waals surface area contributed by atoms with Crippen LogP contribution < -0.4 is 5.32 Å². The van der Waals surface area contributed by atoms with Crippen LogP contribution in [-0.4, -0.2) is 46.1 Å². The molecule has 0 spiro atoms. The minimum atomic E-state index is -0.887. The molecule has 1 aliphatic heterocycles. The molecule has 1 saturated carbocycles. The van der Waals surface area contributed by atoms with Crippen molar-refractivity contribution in [2.45, 2.75) is 50.8 Å². The van der Waals surface area contributed by atoms with E-state index in [4.69, 9.17) is 4.42 Å². The average Bonchev–Trinajstić information content (AvgIpc) is 3.35. The van der Waals surface area contributed by atoms with E-state index in [2.05, 4.69) is 22.1 Å². The first kappa shape index (κ1) is 16.5. The molecule has 134 valence electrons. The third kappa shape index (κ3) is 3.55. The Kier molecular flexibility index (Phi) is 4.48. The van der Waals surface area contributed by atoms with Gasteiger partial charge in [-0.25, -0.2) is 4.98 Å². The Morgan fingerprint density at radius 1 is 1.28 bits per heavy atom. The molecule has 1 aromatic carbocycles. The minimum absolute atomic E-state index is 0.0332. The number of nitrogens with one attached hydrogen (secondary N) is 1. The topological polar surface area (TPSA) is 78.6 Å². The average molecular weight is 343 g/mol. The van der Waals surface area contributed by atoms with Gasteiger partial charge in [-0.1, -0.05) is 12.1 Å².